The number of fused-ring (bicyclic) bond motifs is 1. The number of aliphatic hydroxyl groups excluding tert-OH is 1. The SMILES string of the molecule is O=C(CC1Cc2ccccc2C1)N1CCC[C@@H]1CO. The van der Waals surface area contributed by atoms with Gasteiger partial charge in [0, 0.05) is 13.0 Å². The zero-order chi connectivity index (χ0) is 13.2. The van der Waals surface area contributed by atoms with Crippen molar-refractivity contribution in [2.24, 2.45) is 5.92 Å². The molecule has 1 atom stereocenters. The Morgan fingerprint density at radius 3 is 2.58 bits per heavy atom. The smallest absolute Gasteiger partial charge is 0.223 e. The number of benzene rings is 1. The van der Waals surface area contributed by atoms with Gasteiger partial charge < -0.3 is 10.0 Å². The summed E-state index contributed by atoms with van der Waals surface area (Å²) in [4.78, 5) is 14.2. The van der Waals surface area contributed by atoms with Gasteiger partial charge in [-0.3, -0.25) is 4.79 Å². The highest BCUT2D eigenvalue weighted by Crippen LogP contribution is 2.30. The first-order valence-electron chi connectivity index (χ1n) is 7.25. The summed E-state index contributed by atoms with van der Waals surface area (Å²) in [5.41, 5.74) is 2.81. The van der Waals surface area contributed by atoms with Crippen LogP contribution in [-0.2, 0) is 17.6 Å². The van der Waals surface area contributed by atoms with Crippen LogP contribution in [0.4, 0.5) is 0 Å². The number of amides is 1. The first-order chi connectivity index (χ1) is 9.28. The molecule has 3 heteroatoms. The third kappa shape index (κ3) is 2.52. The highest BCUT2D eigenvalue weighted by Gasteiger charge is 2.31. The lowest BCUT2D eigenvalue weighted by atomic mass is 10.0. The van der Waals surface area contributed by atoms with Crippen molar-refractivity contribution in [3.05, 3.63) is 35.4 Å². The number of likely N-dealkylation sites (tertiary alicyclic amines) is 1. The number of nitrogens with zero attached hydrogens (tertiary/aromatic N) is 1. The van der Waals surface area contributed by atoms with Crippen molar-refractivity contribution in [2.45, 2.75) is 38.1 Å². The van der Waals surface area contributed by atoms with Gasteiger partial charge in [0.1, 0.15) is 0 Å². The van der Waals surface area contributed by atoms with E-state index in [1.807, 2.05) is 4.90 Å². The van der Waals surface area contributed by atoms with Gasteiger partial charge in [-0.25, -0.2) is 0 Å². The second kappa shape index (κ2) is 5.33. The summed E-state index contributed by atoms with van der Waals surface area (Å²) < 4.78 is 0. The van der Waals surface area contributed by atoms with Crippen LogP contribution in [0.5, 0.6) is 0 Å². The van der Waals surface area contributed by atoms with Gasteiger partial charge in [-0.05, 0) is 42.7 Å². The first-order valence-corrected chi connectivity index (χ1v) is 7.25. The lowest BCUT2D eigenvalue weighted by molar-refractivity contribution is -0.133. The van der Waals surface area contributed by atoms with E-state index in [0.717, 1.165) is 32.2 Å². The van der Waals surface area contributed by atoms with E-state index in [2.05, 4.69) is 24.3 Å². The molecular formula is C16H21NO2. The Morgan fingerprint density at radius 2 is 1.95 bits per heavy atom. The van der Waals surface area contributed by atoms with Gasteiger partial charge in [0.25, 0.3) is 0 Å². The summed E-state index contributed by atoms with van der Waals surface area (Å²) in [5.74, 6) is 0.680. The molecule has 1 aromatic rings. The van der Waals surface area contributed by atoms with Crippen LogP contribution >= 0.6 is 0 Å². The van der Waals surface area contributed by atoms with Crippen LogP contribution in [0, 0.1) is 5.92 Å². The minimum atomic E-state index is 0.0660. The highest BCUT2D eigenvalue weighted by molar-refractivity contribution is 5.77. The Labute approximate surface area is 114 Å². The Morgan fingerprint density at radius 1 is 1.26 bits per heavy atom. The minimum Gasteiger partial charge on any atom is -0.394 e. The largest absolute Gasteiger partial charge is 0.394 e. The zero-order valence-electron chi connectivity index (χ0n) is 11.2. The molecule has 0 aromatic heterocycles. The lowest BCUT2D eigenvalue weighted by Crippen LogP contribution is -2.38. The van der Waals surface area contributed by atoms with Crippen molar-refractivity contribution in [3.8, 4) is 0 Å². The topological polar surface area (TPSA) is 40.5 Å². The van der Waals surface area contributed by atoms with Crippen molar-refractivity contribution in [1.82, 2.24) is 4.90 Å². The third-order valence-electron chi connectivity index (χ3n) is 4.51. The number of carbonyl (C=O) groups excluding carboxylic acids is 1. The zero-order valence-corrected chi connectivity index (χ0v) is 11.2. The third-order valence-corrected chi connectivity index (χ3v) is 4.51. The molecule has 0 unspecified atom stereocenters. The van der Waals surface area contributed by atoms with E-state index in [9.17, 15) is 9.90 Å². The van der Waals surface area contributed by atoms with Crippen molar-refractivity contribution in [2.75, 3.05) is 13.2 Å². The van der Waals surface area contributed by atoms with E-state index < -0.39 is 0 Å². The fourth-order valence-corrected chi connectivity index (χ4v) is 3.51. The van der Waals surface area contributed by atoms with Gasteiger partial charge in [0.05, 0.1) is 12.6 Å². The summed E-state index contributed by atoms with van der Waals surface area (Å²) >= 11 is 0. The van der Waals surface area contributed by atoms with E-state index in [1.54, 1.807) is 0 Å². The maximum Gasteiger partial charge on any atom is 0.223 e. The van der Waals surface area contributed by atoms with E-state index >= 15 is 0 Å². The predicted octanol–water partition coefficient (Wildman–Crippen LogP) is 1.77. The van der Waals surface area contributed by atoms with E-state index in [1.165, 1.54) is 11.1 Å². The van der Waals surface area contributed by atoms with E-state index in [0.29, 0.717) is 12.3 Å². The normalized spacial score (nSPS) is 22.8. The number of hydrogen-bond donors (Lipinski definition) is 1. The Hall–Kier alpha value is -1.35. The number of aliphatic hydroxyl groups is 1. The summed E-state index contributed by atoms with van der Waals surface area (Å²) in [7, 11) is 0. The predicted molar refractivity (Wildman–Crippen MR) is 73.8 cm³/mol. The standard InChI is InChI=1S/C16H21NO2/c18-11-15-6-3-7-17(15)16(19)10-12-8-13-4-1-2-5-14(13)9-12/h1-2,4-5,12,15,18H,3,6-11H2/t15-/m1/s1. The van der Waals surface area contributed by atoms with Crippen molar-refractivity contribution in [1.29, 1.82) is 0 Å². The molecule has 3 nitrogen and oxygen atoms in total. The second-order valence-electron chi connectivity index (χ2n) is 5.81. The van der Waals surface area contributed by atoms with Gasteiger partial charge in [0.15, 0.2) is 0 Å². The van der Waals surface area contributed by atoms with Crippen molar-refractivity contribution >= 4 is 5.91 Å². The molecule has 0 bridgehead atoms. The van der Waals surface area contributed by atoms with Gasteiger partial charge in [-0.2, -0.15) is 0 Å². The number of hydrogen-bond acceptors (Lipinski definition) is 2. The van der Waals surface area contributed by atoms with Crippen LogP contribution in [0.1, 0.15) is 30.4 Å². The molecule has 1 heterocycles. The molecule has 3 rings (SSSR count). The van der Waals surface area contributed by atoms with Gasteiger partial charge in [-0.15, -0.1) is 0 Å². The summed E-state index contributed by atoms with van der Waals surface area (Å²) in [5, 5.41) is 9.29. The maximum absolute atomic E-state index is 12.3. The van der Waals surface area contributed by atoms with Gasteiger partial charge in [0.2, 0.25) is 5.91 Å². The van der Waals surface area contributed by atoms with Crippen LogP contribution in [0.3, 0.4) is 0 Å². The monoisotopic (exact) mass is 259 g/mol. The molecule has 1 N–H and O–H groups in total. The Bertz CT molecular complexity index is 447. The molecule has 0 saturated carbocycles. The van der Waals surface area contributed by atoms with Crippen molar-refractivity contribution < 1.29 is 9.90 Å². The van der Waals surface area contributed by atoms with Crippen LogP contribution in [-0.4, -0.2) is 35.1 Å². The molecule has 0 radical (unpaired) electrons. The summed E-state index contributed by atoms with van der Waals surface area (Å²) in [6.07, 6.45) is 4.67. The Kier molecular flexibility index (Phi) is 3.56. The van der Waals surface area contributed by atoms with Gasteiger partial charge >= 0.3 is 0 Å². The second-order valence-corrected chi connectivity index (χ2v) is 5.81. The molecule has 19 heavy (non-hydrogen) atoms. The average molecular weight is 259 g/mol. The molecule has 1 amide bonds. The van der Waals surface area contributed by atoms with Crippen molar-refractivity contribution in [3.63, 3.8) is 0 Å². The minimum absolute atomic E-state index is 0.0660. The van der Waals surface area contributed by atoms with Crippen LogP contribution in [0.2, 0.25) is 0 Å². The molecule has 1 saturated heterocycles. The summed E-state index contributed by atoms with van der Waals surface area (Å²) in [6, 6.07) is 8.56. The van der Waals surface area contributed by atoms with E-state index in [4.69, 9.17) is 0 Å². The number of rotatable bonds is 3. The van der Waals surface area contributed by atoms with Crippen LogP contribution in [0.25, 0.3) is 0 Å². The molecule has 1 aliphatic carbocycles. The maximum atomic E-state index is 12.3. The van der Waals surface area contributed by atoms with Crippen LogP contribution < -0.4 is 0 Å². The van der Waals surface area contributed by atoms with Crippen LogP contribution in [0.15, 0.2) is 24.3 Å². The number of carbonyl (C=O) groups is 1. The molecule has 0 spiro atoms. The van der Waals surface area contributed by atoms with Gasteiger partial charge in [-0.1, -0.05) is 24.3 Å². The molecule has 102 valence electrons. The molecule has 2 aliphatic rings. The lowest BCUT2D eigenvalue weighted by Gasteiger charge is -2.24. The molecular weight excluding hydrogens is 238 g/mol. The quantitative estimate of drug-likeness (QED) is 0.899. The fourth-order valence-electron chi connectivity index (χ4n) is 3.51. The Balaban J connectivity index is 1.60. The van der Waals surface area contributed by atoms with E-state index in [-0.39, 0.29) is 18.6 Å². The summed E-state index contributed by atoms with van der Waals surface area (Å²) in [6.45, 7) is 0.931. The first kappa shape index (κ1) is 12.7. The molecule has 1 fully saturated rings. The fraction of sp³-hybridized carbons (Fsp3) is 0.562. The highest BCUT2D eigenvalue weighted by atomic mass is 16.3. The molecule has 1 aliphatic heterocycles. The average Bonchev–Trinajstić information content (AvgIpc) is 3.03. The molecule has 1 aromatic carbocycles.